The summed E-state index contributed by atoms with van der Waals surface area (Å²) in [5.74, 6) is 0.272. The highest BCUT2D eigenvalue weighted by atomic mass is 19.1. The summed E-state index contributed by atoms with van der Waals surface area (Å²) in [7, 11) is 1.62. The fourth-order valence-corrected chi connectivity index (χ4v) is 1.81. The average Bonchev–Trinajstić information content (AvgIpc) is 2.39. The van der Waals surface area contributed by atoms with Crippen molar-refractivity contribution in [2.24, 2.45) is 0 Å². The van der Waals surface area contributed by atoms with E-state index in [4.69, 9.17) is 10.00 Å². The Kier molecular flexibility index (Phi) is 3.67. The second kappa shape index (κ2) is 5.40. The van der Waals surface area contributed by atoms with E-state index in [9.17, 15) is 4.39 Å². The normalized spacial score (nSPS) is 9.79. The molecule has 0 amide bonds. The number of nitrogens with zero attached hydrogens (tertiary/aromatic N) is 1. The Balaban J connectivity index is 2.24. The van der Waals surface area contributed by atoms with Crippen molar-refractivity contribution in [1.82, 2.24) is 0 Å². The molecule has 2 aromatic carbocycles. The molecule has 0 aliphatic carbocycles. The van der Waals surface area contributed by atoms with Crippen LogP contribution >= 0.6 is 0 Å². The van der Waals surface area contributed by atoms with Crippen LogP contribution in [0.5, 0.6) is 5.75 Å². The van der Waals surface area contributed by atoms with E-state index >= 15 is 0 Å². The number of anilines is 2. The van der Waals surface area contributed by atoms with E-state index in [-0.39, 0.29) is 5.56 Å². The molecule has 0 saturated carbocycles. The Hall–Kier alpha value is -2.54. The van der Waals surface area contributed by atoms with Crippen molar-refractivity contribution >= 4 is 11.4 Å². The van der Waals surface area contributed by atoms with Crippen LogP contribution in [0.1, 0.15) is 11.1 Å². The SMILES string of the molecule is COc1ccc(Nc2ccc(C#N)c(F)c2)cc1C. The third kappa shape index (κ3) is 2.83. The molecular formula is C15H13FN2O. The van der Waals surface area contributed by atoms with E-state index in [0.29, 0.717) is 5.69 Å². The van der Waals surface area contributed by atoms with Crippen LogP contribution in [0.3, 0.4) is 0 Å². The maximum atomic E-state index is 13.5. The van der Waals surface area contributed by atoms with Crippen molar-refractivity contribution < 1.29 is 9.13 Å². The van der Waals surface area contributed by atoms with Crippen LogP contribution in [0.4, 0.5) is 15.8 Å². The summed E-state index contributed by atoms with van der Waals surface area (Å²) in [6, 6.07) is 11.8. The molecule has 0 unspecified atom stereocenters. The van der Waals surface area contributed by atoms with Crippen molar-refractivity contribution in [2.75, 3.05) is 12.4 Å². The summed E-state index contributed by atoms with van der Waals surface area (Å²) >= 11 is 0. The molecule has 0 aromatic heterocycles. The largest absolute Gasteiger partial charge is 0.496 e. The Morgan fingerprint density at radius 3 is 2.42 bits per heavy atom. The Labute approximate surface area is 111 Å². The summed E-state index contributed by atoms with van der Waals surface area (Å²) in [6.07, 6.45) is 0. The van der Waals surface area contributed by atoms with Gasteiger partial charge < -0.3 is 10.1 Å². The standard InChI is InChI=1S/C15H13FN2O/c1-10-7-12(5-6-15(10)19-2)18-13-4-3-11(9-17)14(16)8-13/h3-8,18H,1-2H3. The van der Waals surface area contributed by atoms with E-state index in [1.54, 1.807) is 19.2 Å². The van der Waals surface area contributed by atoms with Gasteiger partial charge in [-0.3, -0.25) is 0 Å². The van der Waals surface area contributed by atoms with Crippen molar-refractivity contribution in [3.05, 3.63) is 53.3 Å². The van der Waals surface area contributed by atoms with Gasteiger partial charge in [-0.15, -0.1) is 0 Å². The first-order chi connectivity index (χ1) is 9.13. The Morgan fingerprint density at radius 1 is 1.16 bits per heavy atom. The van der Waals surface area contributed by atoms with Crippen LogP contribution in [0.25, 0.3) is 0 Å². The minimum atomic E-state index is -0.530. The summed E-state index contributed by atoms with van der Waals surface area (Å²) < 4.78 is 18.6. The predicted octanol–water partition coefficient (Wildman–Crippen LogP) is 3.76. The summed E-state index contributed by atoms with van der Waals surface area (Å²) in [6.45, 7) is 1.93. The van der Waals surface area contributed by atoms with E-state index in [1.807, 2.05) is 25.1 Å². The minimum Gasteiger partial charge on any atom is -0.496 e. The van der Waals surface area contributed by atoms with E-state index in [0.717, 1.165) is 17.0 Å². The number of rotatable bonds is 3. The maximum Gasteiger partial charge on any atom is 0.143 e. The van der Waals surface area contributed by atoms with Gasteiger partial charge in [0.05, 0.1) is 12.7 Å². The number of nitriles is 1. The first kappa shape index (κ1) is 12.9. The molecule has 0 fully saturated rings. The zero-order chi connectivity index (χ0) is 13.8. The summed E-state index contributed by atoms with van der Waals surface area (Å²) in [5, 5.41) is 11.8. The van der Waals surface area contributed by atoms with Gasteiger partial charge in [-0.1, -0.05) is 0 Å². The molecule has 2 rings (SSSR count). The molecule has 2 aromatic rings. The zero-order valence-electron chi connectivity index (χ0n) is 10.7. The van der Waals surface area contributed by atoms with Gasteiger partial charge in [-0.25, -0.2) is 4.39 Å². The molecule has 0 heterocycles. The number of benzene rings is 2. The maximum absolute atomic E-state index is 13.5. The second-order valence-electron chi connectivity index (χ2n) is 4.12. The van der Waals surface area contributed by atoms with Crippen LogP contribution in [0, 0.1) is 24.1 Å². The van der Waals surface area contributed by atoms with Gasteiger partial charge in [0.2, 0.25) is 0 Å². The molecule has 3 nitrogen and oxygen atoms in total. The molecular weight excluding hydrogens is 243 g/mol. The van der Waals surface area contributed by atoms with Crippen molar-refractivity contribution in [2.45, 2.75) is 6.92 Å². The summed E-state index contributed by atoms with van der Waals surface area (Å²) in [5.41, 5.74) is 2.46. The molecule has 0 aliphatic rings. The average molecular weight is 256 g/mol. The van der Waals surface area contributed by atoms with Gasteiger partial charge in [0.25, 0.3) is 0 Å². The Bertz CT molecular complexity index is 647. The van der Waals surface area contributed by atoms with E-state index in [1.165, 1.54) is 12.1 Å². The highest BCUT2D eigenvalue weighted by molar-refractivity contribution is 5.62. The van der Waals surface area contributed by atoms with Gasteiger partial charge >= 0.3 is 0 Å². The fourth-order valence-electron chi connectivity index (χ4n) is 1.81. The van der Waals surface area contributed by atoms with Gasteiger partial charge in [0.15, 0.2) is 0 Å². The fraction of sp³-hybridized carbons (Fsp3) is 0.133. The molecule has 0 bridgehead atoms. The second-order valence-corrected chi connectivity index (χ2v) is 4.12. The van der Waals surface area contributed by atoms with Gasteiger partial charge in [0, 0.05) is 11.4 Å². The number of hydrogen-bond donors (Lipinski definition) is 1. The van der Waals surface area contributed by atoms with Gasteiger partial charge in [-0.2, -0.15) is 5.26 Å². The number of methoxy groups -OCH3 is 1. The van der Waals surface area contributed by atoms with Crippen LogP contribution in [-0.2, 0) is 0 Å². The summed E-state index contributed by atoms with van der Waals surface area (Å²) in [4.78, 5) is 0. The molecule has 19 heavy (non-hydrogen) atoms. The minimum absolute atomic E-state index is 0.0384. The number of halogens is 1. The number of aryl methyl sites for hydroxylation is 1. The van der Waals surface area contributed by atoms with Crippen LogP contribution < -0.4 is 10.1 Å². The quantitative estimate of drug-likeness (QED) is 0.909. The number of nitrogens with one attached hydrogen (secondary N) is 1. The molecule has 1 N–H and O–H groups in total. The first-order valence-electron chi connectivity index (χ1n) is 5.75. The smallest absolute Gasteiger partial charge is 0.143 e. The van der Waals surface area contributed by atoms with Crippen molar-refractivity contribution in [3.8, 4) is 11.8 Å². The lowest BCUT2D eigenvalue weighted by Crippen LogP contribution is -1.94. The molecule has 0 radical (unpaired) electrons. The lowest BCUT2D eigenvalue weighted by molar-refractivity contribution is 0.412. The third-order valence-corrected chi connectivity index (χ3v) is 2.77. The molecule has 0 atom stereocenters. The number of ether oxygens (including phenoxy) is 1. The third-order valence-electron chi connectivity index (χ3n) is 2.77. The number of hydrogen-bond acceptors (Lipinski definition) is 3. The molecule has 4 heteroatoms. The predicted molar refractivity (Wildman–Crippen MR) is 72.1 cm³/mol. The van der Waals surface area contributed by atoms with Crippen LogP contribution in [0.2, 0.25) is 0 Å². The van der Waals surface area contributed by atoms with Crippen LogP contribution in [0.15, 0.2) is 36.4 Å². The van der Waals surface area contributed by atoms with E-state index in [2.05, 4.69) is 5.32 Å². The molecule has 0 saturated heterocycles. The van der Waals surface area contributed by atoms with Crippen molar-refractivity contribution in [3.63, 3.8) is 0 Å². The highest BCUT2D eigenvalue weighted by Gasteiger charge is 2.04. The van der Waals surface area contributed by atoms with E-state index < -0.39 is 5.82 Å². The highest BCUT2D eigenvalue weighted by Crippen LogP contribution is 2.24. The topological polar surface area (TPSA) is 45.0 Å². The van der Waals surface area contributed by atoms with Gasteiger partial charge in [-0.05, 0) is 48.9 Å². The lowest BCUT2D eigenvalue weighted by Gasteiger charge is -2.10. The molecule has 0 spiro atoms. The Morgan fingerprint density at radius 2 is 1.84 bits per heavy atom. The van der Waals surface area contributed by atoms with Gasteiger partial charge in [0.1, 0.15) is 17.6 Å². The van der Waals surface area contributed by atoms with Crippen molar-refractivity contribution in [1.29, 1.82) is 5.26 Å². The van der Waals surface area contributed by atoms with Crippen LogP contribution in [-0.4, -0.2) is 7.11 Å². The molecule has 96 valence electrons. The monoisotopic (exact) mass is 256 g/mol. The lowest BCUT2D eigenvalue weighted by atomic mass is 10.1. The zero-order valence-corrected chi connectivity index (χ0v) is 10.7. The first-order valence-corrected chi connectivity index (χ1v) is 5.75. The molecule has 0 aliphatic heterocycles.